The fourth-order valence-corrected chi connectivity index (χ4v) is 1.85. The Hall–Kier alpha value is -1.84. The largest absolute Gasteiger partial charge is 0.489 e. The maximum atomic E-state index is 5.75. The molecular formula is C17H21NO2. The topological polar surface area (TPSA) is 30.5 Å². The summed E-state index contributed by atoms with van der Waals surface area (Å²) in [6.45, 7) is 3.05. The molecule has 2 rings (SSSR count). The van der Waals surface area contributed by atoms with E-state index in [1.54, 1.807) is 7.11 Å². The summed E-state index contributed by atoms with van der Waals surface area (Å²) in [5.74, 6) is 0.898. The molecule has 3 nitrogen and oxygen atoms in total. The van der Waals surface area contributed by atoms with Gasteiger partial charge in [0.15, 0.2) is 0 Å². The normalized spacial score (nSPS) is 10.4. The highest BCUT2D eigenvalue weighted by molar-refractivity contribution is 5.27. The van der Waals surface area contributed by atoms with Crippen LogP contribution in [-0.2, 0) is 17.9 Å². The van der Waals surface area contributed by atoms with Crippen molar-refractivity contribution in [2.24, 2.45) is 0 Å². The number of rotatable bonds is 8. The highest BCUT2D eigenvalue weighted by Crippen LogP contribution is 2.14. The summed E-state index contributed by atoms with van der Waals surface area (Å²) in [6, 6.07) is 18.4. The summed E-state index contributed by atoms with van der Waals surface area (Å²) in [7, 11) is 1.71. The van der Waals surface area contributed by atoms with Gasteiger partial charge in [0.2, 0.25) is 0 Å². The Kier molecular flexibility index (Phi) is 6.08. The molecule has 1 N–H and O–H groups in total. The van der Waals surface area contributed by atoms with Gasteiger partial charge in [-0.2, -0.15) is 0 Å². The van der Waals surface area contributed by atoms with E-state index in [2.05, 4.69) is 29.6 Å². The van der Waals surface area contributed by atoms with E-state index in [1.807, 2.05) is 30.3 Å². The Bertz CT molecular complexity index is 482. The van der Waals surface area contributed by atoms with Crippen LogP contribution in [0.4, 0.5) is 0 Å². The molecule has 0 radical (unpaired) electrons. The molecule has 2 aromatic carbocycles. The monoisotopic (exact) mass is 271 g/mol. The van der Waals surface area contributed by atoms with Crippen LogP contribution in [0.25, 0.3) is 0 Å². The summed E-state index contributed by atoms with van der Waals surface area (Å²) in [4.78, 5) is 0. The second kappa shape index (κ2) is 8.35. The molecule has 0 atom stereocenters. The first-order chi connectivity index (χ1) is 9.88. The molecule has 0 aliphatic carbocycles. The van der Waals surface area contributed by atoms with Crippen LogP contribution in [0.15, 0.2) is 54.6 Å². The van der Waals surface area contributed by atoms with Gasteiger partial charge in [0.25, 0.3) is 0 Å². The molecule has 0 unspecified atom stereocenters. The second-order valence-corrected chi connectivity index (χ2v) is 4.59. The average molecular weight is 271 g/mol. The molecule has 0 fully saturated rings. The van der Waals surface area contributed by atoms with Gasteiger partial charge in [-0.15, -0.1) is 0 Å². The fraction of sp³-hybridized carbons (Fsp3) is 0.294. The molecule has 0 amide bonds. The molecule has 20 heavy (non-hydrogen) atoms. The first kappa shape index (κ1) is 14.6. The quantitative estimate of drug-likeness (QED) is 0.749. The predicted octanol–water partition coefficient (Wildman–Crippen LogP) is 3.00. The van der Waals surface area contributed by atoms with Crippen molar-refractivity contribution in [3.05, 3.63) is 65.7 Å². The molecular weight excluding hydrogens is 250 g/mol. The van der Waals surface area contributed by atoms with E-state index in [-0.39, 0.29) is 0 Å². The standard InChI is InChI=1S/C17H21NO2/c1-19-12-11-18-13-15-7-9-17(10-8-15)20-14-16-5-3-2-4-6-16/h2-10,18H,11-14H2,1H3. The van der Waals surface area contributed by atoms with E-state index < -0.39 is 0 Å². The Morgan fingerprint density at radius 1 is 0.900 bits per heavy atom. The number of benzene rings is 2. The predicted molar refractivity (Wildman–Crippen MR) is 80.8 cm³/mol. The number of methoxy groups -OCH3 is 1. The van der Waals surface area contributed by atoms with Crippen molar-refractivity contribution in [2.45, 2.75) is 13.2 Å². The highest BCUT2D eigenvalue weighted by Gasteiger charge is 1.97. The van der Waals surface area contributed by atoms with E-state index in [1.165, 1.54) is 11.1 Å². The minimum absolute atomic E-state index is 0.603. The Morgan fingerprint density at radius 2 is 1.65 bits per heavy atom. The molecule has 0 aliphatic rings. The van der Waals surface area contributed by atoms with Crippen LogP contribution in [-0.4, -0.2) is 20.3 Å². The third-order valence-electron chi connectivity index (χ3n) is 2.98. The smallest absolute Gasteiger partial charge is 0.119 e. The molecule has 0 spiro atoms. The molecule has 0 heterocycles. The van der Waals surface area contributed by atoms with Crippen LogP contribution >= 0.6 is 0 Å². The SMILES string of the molecule is COCCNCc1ccc(OCc2ccccc2)cc1. The van der Waals surface area contributed by atoms with Gasteiger partial charge < -0.3 is 14.8 Å². The van der Waals surface area contributed by atoms with Crippen LogP contribution in [0.2, 0.25) is 0 Å². The van der Waals surface area contributed by atoms with Gasteiger partial charge in [-0.25, -0.2) is 0 Å². The first-order valence-corrected chi connectivity index (χ1v) is 6.84. The van der Waals surface area contributed by atoms with Crippen molar-refractivity contribution >= 4 is 0 Å². The molecule has 0 aromatic heterocycles. The van der Waals surface area contributed by atoms with Gasteiger partial charge in [-0.3, -0.25) is 0 Å². The number of ether oxygens (including phenoxy) is 2. The van der Waals surface area contributed by atoms with Crippen molar-refractivity contribution < 1.29 is 9.47 Å². The van der Waals surface area contributed by atoms with Crippen molar-refractivity contribution in [1.82, 2.24) is 5.32 Å². The lowest BCUT2D eigenvalue weighted by molar-refractivity contribution is 0.199. The van der Waals surface area contributed by atoms with E-state index in [4.69, 9.17) is 9.47 Å². The first-order valence-electron chi connectivity index (χ1n) is 6.84. The van der Waals surface area contributed by atoms with Crippen LogP contribution < -0.4 is 10.1 Å². The third-order valence-corrected chi connectivity index (χ3v) is 2.98. The minimum atomic E-state index is 0.603. The van der Waals surface area contributed by atoms with Crippen molar-refractivity contribution in [2.75, 3.05) is 20.3 Å². The van der Waals surface area contributed by atoms with Crippen LogP contribution in [0, 0.1) is 0 Å². The summed E-state index contributed by atoms with van der Waals surface area (Å²) in [6.07, 6.45) is 0. The molecule has 0 bridgehead atoms. The second-order valence-electron chi connectivity index (χ2n) is 4.59. The summed E-state index contributed by atoms with van der Waals surface area (Å²) >= 11 is 0. The maximum Gasteiger partial charge on any atom is 0.119 e. The highest BCUT2D eigenvalue weighted by atomic mass is 16.5. The number of nitrogens with one attached hydrogen (secondary N) is 1. The lowest BCUT2D eigenvalue weighted by atomic mass is 10.2. The molecule has 0 aliphatic heterocycles. The number of hydrogen-bond acceptors (Lipinski definition) is 3. The fourth-order valence-electron chi connectivity index (χ4n) is 1.85. The van der Waals surface area contributed by atoms with Crippen LogP contribution in [0.5, 0.6) is 5.75 Å². The van der Waals surface area contributed by atoms with E-state index in [9.17, 15) is 0 Å². The van der Waals surface area contributed by atoms with Crippen molar-refractivity contribution in [3.63, 3.8) is 0 Å². The van der Waals surface area contributed by atoms with E-state index >= 15 is 0 Å². The van der Waals surface area contributed by atoms with Gasteiger partial charge in [0.05, 0.1) is 6.61 Å². The molecule has 0 saturated heterocycles. The summed E-state index contributed by atoms with van der Waals surface area (Å²) in [5, 5.41) is 3.31. The third kappa shape index (κ3) is 5.03. The van der Waals surface area contributed by atoms with E-state index in [0.29, 0.717) is 6.61 Å². The maximum absolute atomic E-state index is 5.75. The number of hydrogen-bond donors (Lipinski definition) is 1. The van der Waals surface area contributed by atoms with Gasteiger partial charge >= 0.3 is 0 Å². The Balaban J connectivity index is 1.76. The Labute approximate surface area is 120 Å². The van der Waals surface area contributed by atoms with Crippen LogP contribution in [0.3, 0.4) is 0 Å². The average Bonchev–Trinajstić information content (AvgIpc) is 2.52. The molecule has 106 valence electrons. The summed E-state index contributed by atoms with van der Waals surface area (Å²) in [5.41, 5.74) is 2.42. The van der Waals surface area contributed by atoms with E-state index in [0.717, 1.165) is 25.4 Å². The zero-order valence-corrected chi connectivity index (χ0v) is 11.8. The lowest BCUT2D eigenvalue weighted by Gasteiger charge is -2.08. The van der Waals surface area contributed by atoms with Crippen molar-refractivity contribution in [1.29, 1.82) is 0 Å². The zero-order chi connectivity index (χ0) is 14.0. The lowest BCUT2D eigenvalue weighted by Crippen LogP contribution is -2.18. The van der Waals surface area contributed by atoms with Gasteiger partial charge in [0.1, 0.15) is 12.4 Å². The van der Waals surface area contributed by atoms with Crippen LogP contribution in [0.1, 0.15) is 11.1 Å². The Morgan fingerprint density at radius 3 is 2.35 bits per heavy atom. The molecule has 0 saturated carbocycles. The zero-order valence-electron chi connectivity index (χ0n) is 11.8. The molecule has 2 aromatic rings. The summed E-state index contributed by atoms with van der Waals surface area (Å²) < 4.78 is 10.7. The molecule has 3 heteroatoms. The van der Waals surface area contributed by atoms with Gasteiger partial charge in [-0.05, 0) is 23.3 Å². The van der Waals surface area contributed by atoms with Crippen molar-refractivity contribution in [3.8, 4) is 5.75 Å². The van der Waals surface area contributed by atoms with Gasteiger partial charge in [0, 0.05) is 20.2 Å². The minimum Gasteiger partial charge on any atom is -0.489 e. The van der Waals surface area contributed by atoms with Gasteiger partial charge in [-0.1, -0.05) is 42.5 Å².